The number of benzene rings is 1. The number of rotatable bonds is 4. The van der Waals surface area contributed by atoms with Crippen LogP contribution in [0.5, 0.6) is 0 Å². The zero-order valence-electron chi connectivity index (χ0n) is 14.1. The molecule has 0 amide bonds. The Morgan fingerprint density at radius 2 is 1.92 bits per heavy atom. The van der Waals surface area contributed by atoms with Gasteiger partial charge in [-0.1, -0.05) is 0 Å². The van der Waals surface area contributed by atoms with Crippen molar-refractivity contribution in [3.63, 3.8) is 0 Å². The van der Waals surface area contributed by atoms with Crippen molar-refractivity contribution in [2.45, 2.75) is 32.1 Å². The van der Waals surface area contributed by atoms with Crippen LogP contribution in [0.15, 0.2) is 41.3 Å². The van der Waals surface area contributed by atoms with Crippen LogP contribution in [0.3, 0.4) is 0 Å². The first-order chi connectivity index (χ1) is 12.6. The van der Waals surface area contributed by atoms with Crippen molar-refractivity contribution in [3.05, 3.63) is 57.1 Å². The third-order valence-corrected chi connectivity index (χ3v) is 7.26. The third-order valence-electron chi connectivity index (χ3n) is 4.85. The summed E-state index contributed by atoms with van der Waals surface area (Å²) in [5.74, 6) is 0.260. The summed E-state index contributed by atoms with van der Waals surface area (Å²) in [6, 6.07) is 11.4. The van der Waals surface area contributed by atoms with Crippen LogP contribution in [0.4, 0.5) is 0 Å². The first-order valence-corrected chi connectivity index (χ1v) is 11.4. The molecule has 26 heavy (non-hydrogen) atoms. The molecule has 3 nitrogen and oxygen atoms in total. The van der Waals surface area contributed by atoms with Crippen LogP contribution in [-0.4, -0.2) is 30.1 Å². The molecule has 1 aromatic carbocycles. The fourth-order valence-corrected chi connectivity index (χ4v) is 5.53. The first kappa shape index (κ1) is 18.1. The molecule has 0 spiro atoms. The number of nitrogens with zero attached hydrogens (tertiary/aromatic N) is 2. The van der Waals surface area contributed by atoms with Crippen molar-refractivity contribution < 1.29 is 4.79 Å². The zero-order valence-corrected chi connectivity index (χ0v) is 17.3. The van der Waals surface area contributed by atoms with E-state index >= 15 is 0 Å². The van der Waals surface area contributed by atoms with Crippen molar-refractivity contribution in [2.75, 3.05) is 0 Å². The molecule has 4 rings (SSSR count). The fourth-order valence-electron chi connectivity index (χ4n) is 3.51. The van der Waals surface area contributed by atoms with Gasteiger partial charge in [-0.15, -0.1) is 0 Å². The maximum absolute atomic E-state index is 13.0. The van der Waals surface area contributed by atoms with E-state index in [0.29, 0.717) is 15.7 Å². The van der Waals surface area contributed by atoms with Crippen LogP contribution in [0, 0.1) is 5.92 Å². The molecule has 1 aliphatic rings. The minimum absolute atomic E-state index is 0.0989. The molecule has 6 heteroatoms. The van der Waals surface area contributed by atoms with E-state index in [0.717, 1.165) is 37.1 Å². The van der Waals surface area contributed by atoms with Gasteiger partial charge in [0.15, 0.2) is 0 Å². The first-order valence-electron chi connectivity index (χ1n) is 8.77. The number of ketones is 1. The summed E-state index contributed by atoms with van der Waals surface area (Å²) in [5, 5.41) is 5.78. The van der Waals surface area contributed by atoms with Gasteiger partial charge in [-0.25, -0.2) is 0 Å². The van der Waals surface area contributed by atoms with E-state index in [1.54, 1.807) is 16.8 Å². The number of carbonyl (C=O) groups is 1. The molecule has 0 saturated heterocycles. The Balaban J connectivity index is 1.79. The third kappa shape index (κ3) is 3.57. The van der Waals surface area contributed by atoms with E-state index in [9.17, 15) is 4.79 Å². The molecule has 0 bridgehead atoms. The van der Waals surface area contributed by atoms with Crippen LogP contribution in [0.25, 0.3) is 15.8 Å². The van der Waals surface area contributed by atoms with Gasteiger partial charge in [0.05, 0.1) is 0 Å². The number of carbonyl (C=O) groups excluding carboxylic acids is 1. The van der Waals surface area contributed by atoms with E-state index in [-0.39, 0.29) is 26.2 Å². The summed E-state index contributed by atoms with van der Waals surface area (Å²) in [6.07, 6.45) is 5.43. The molecule has 1 aliphatic carbocycles. The van der Waals surface area contributed by atoms with Gasteiger partial charge in [0, 0.05) is 0 Å². The van der Waals surface area contributed by atoms with Crippen molar-refractivity contribution in [3.8, 4) is 15.8 Å². The number of Topliss-reactive ketones (excluding diaryl/α,β-unsaturated/α-hetero) is 1. The average molecular weight is 452 g/mol. The molecular formula is C20H18Cl2N2OSe. The predicted octanol–water partition coefficient (Wildman–Crippen LogP) is 5.67. The summed E-state index contributed by atoms with van der Waals surface area (Å²) in [7, 11) is 0. The van der Waals surface area contributed by atoms with Crippen LogP contribution < -0.4 is 0 Å². The second-order valence-corrected chi connectivity index (χ2v) is 9.43. The molecule has 1 saturated carbocycles. The van der Waals surface area contributed by atoms with Gasteiger partial charge in [0.25, 0.3) is 0 Å². The number of hydrogen-bond acceptors (Lipinski definition) is 2. The second kappa shape index (κ2) is 7.74. The number of aromatic nitrogens is 2. The Labute approximate surface area is 168 Å². The summed E-state index contributed by atoms with van der Waals surface area (Å²) >= 11 is 12.7. The summed E-state index contributed by atoms with van der Waals surface area (Å²) in [6.45, 7) is 0. The monoisotopic (exact) mass is 452 g/mol. The minimum atomic E-state index is 0.0989. The Kier molecular flexibility index (Phi) is 5.37. The molecule has 0 N–H and O–H groups in total. The van der Waals surface area contributed by atoms with Crippen LogP contribution in [-0.2, 0) is 0 Å². The van der Waals surface area contributed by atoms with Gasteiger partial charge in [-0.3, -0.25) is 0 Å². The SMILES string of the molecule is O=C(c1cc(-c2ccc[se]2)n(-c2ccc(Cl)cc2Cl)n1)C1CCCCC1. The molecule has 2 heterocycles. The molecule has 1 fully saturated rings. The van der Waals surface area contributed by atoms with Crippen molar-refractivity contribution in [1.29, 1.82) is 0 Å². The normalized spacial score (nSPS) is 15.3. The van der Waals surface area contributed by atoms with Crippen molar-refractivity contribution >= 4 is 43.5 Å². The van der Waals surface area contributed by atoms with Gasteiger partial charge in [-0.05, 0) is 0 Å². The van der Waals surface area contributed by atoms with Gasteiger partial charge in [0.1, 0.15) is 0 Å². The van der Waals surface area contributed by atoms with Gasteiger partial charge in [0.2, 0.25) is 0 Å². The second-order valence-electron chi connectivity index (χ2n) is 6.60. The predicted molar refractivity (Wildman–Crippen MR) is 107 cm³/mol. The molecule has 0 aliphatic heterocycles. The van der Waals surface area contributed by atoms with E-state index in [1.165, 1.54) is 10.9 Å². The maximum atomic E-state index is 13.0. The van der Waals surface area contributed by atoms with E-state index in [4.69, 9.17) is 23.2 Å². The van der Waals surface area contributed by atoms with Crippen molar-refractivity contribution in [1.82, 2.24) is 9.78 Å². The van der Waals surface area contributed by atoms with E-state index in [1.807, 2.05) is 12.1 Å². The van der Waals surface area contributed by atoms with Gasteiger partial charge < -0.3 is 0 Å². The van der Waals surface area contributed by atoms with Gasteiger partial charge >= 0.3 is 169 Å². The standard InChI is InChI=1S/C20H18Cl2N2OSe/c21-14-8-9-17(15(22)11-14)24-18(19-7-4-10-26-19)12-16(23-24)20(25)13-5-2-1-3-6-13/h4,7-13H,1-3,5-6H2. The Bertz CT molecular complexity index is 927. The van der Waals surface area contributed by atoms with Gasteiger partial charge in [-0.2, -0.15) is 0 Å². The molecule has 0 radical (unpaired) electrons. The fraction of sp³-hybridized carbons (Fsp3) is 0.300. The summed E-state index contributed by atoms with van der Waals surface area (Å²) < 4.78 is 2.99. The topological polar surface area (TPSA) is 34.9 Å². The number of hydrogen-bond donors (Lipinski definition) is 0. The average Bonchev–Trinajstić information content (AvgIpc) is 3.31. The summed E-state index contributed by atoms with van der Waals surface area (Å²) in [4.78, 5) is 15.1. The molecule has 2 aromatic heterocycles. The molecule has 0 unspecified atom stereocenters. The van der Waals surface area contributed by atoms with Crippen LogP contribution >= 0.6 is 23.2 Å². The number of halogens is 2. The molecule has 3 aromatic rings. The van der Waals surface area contributed by atoms with E-state index in [2.05, 4.69) is 22.2 Å². The molecular weight excluding hydrogens is 434 g/mol. The Morgan fingerprint density at radius 3 is 2.62 bits per heavy atom. The Hall–Kier alpha value is -1.32. The zero-order chi connectivity index (χ0) is 18.1. The Morgan fingerprint density at radius 1 is 1.12 bits per heavy atom. The van der Waals surface area contributed by atoms with E-state index < -0.39 is 0 Å². The summed E-state index contributed by atoms with van der Waals surface area (Å²) in [5.41, 5.74) is 2.23. The molecule has 0 atom stereocenters. The van der Waals surface area contributed by atoms with Crippen LogP contribution in [0.2, 0.25) is 10.0 Å². The van der Waals surface area contributed by atoms with Crippen molar-refractivity contribution in [2.24, 2.45) is 5.92 Å². The van der Waals surface area contributed by atoms with Crippen LogP contribution in [0.1, 0.15) is 42.6 Å². The quantitative estimate of drug-likeness (QED) is 0.378. The molecule has 134 valence electrons.